The van der Waals surface area contributed by atoms with Crippen LogP contribution >= 0.6 is 0 Å². The molecule has 0 aliphatic carbocycles. The molecule has 0 aliphatic rings. The zero-order valence-corrected chi connectivity index (χ0v) is 8.69. The molecule has 14 heavy (non-hydrogen) atoms. The second-order valence-electron chi connectivity index (χ2n) is 3.39. The molecule has 0 fully saturated rings. The summed E-state index contributed by atoms with van der Waals surface area (Å²) >= 11 is 0. The van der Waals surface area contributed by atoms with Crippen molar-refractivity contribution in [2.24, 2.45) is 10.4 Å². The van der Waals surface area contributed by atoms with Gasteiger partial charge < -0.3 is 0 Å². The molecular weight excluding hydrogens is 181 g/mol. The summed E-state index contributed by atoms with van der Waals surface area (Å²) in [6.45, 7) is 7.20. The number of rotatable bonds is 5. The maximum atomic E-state index is 11.3. The van der Waals surface area contributed by atoms with Gasteiger partial charge in [-0.3, -0.25) is 0 Å². The van der Waals surface area contributed by atoms with Crippen LogP contribution in [0.15, 0.2) is 17.6 Å². The van der Waals surface area contributed by atoms with Crippen LogP contribution in [0, 0.1) is 5.41 Å². The van der Waals surface area contributed by atoms with Crippen molar-refractivity contribution in [2.45, 2.75) is 19.9 Å². The molecule has 0 aromatic rings. The van der Waals surface area contributed by atoms with Crippen molar-refractivity contribution >= 4 is 19.2 Å². The van der Waals surface area contributed by atoms with Crippen LogP contribution in [0.4, 0.5) is 0 Å². The van der Waals surface area contributed by atoms with Gasteiger partial charge in [-0.25, -0.2) is 0 Å². The molecule has 0 amide bonds. The summed E-state index contributed by atoms with van der Waals surface area (Å²) in [7, 11) is 1.81. The van der Waals surface area contributed by atoms with Crippen molar-refractivity contribution in [1.82, 2.24) is 0 Å². The average molecular weight is 195 g/mol. The van der Waals surface area contributed by atoms with Crippen LogP contribution in [0.25, 0.3) is 0 Å². The van der Waals surface area contributed by atoms with Crippen molar-refractivity contribution in [3.05, 3.63) is 12.7 Å². The van der Waals surface area contributed by atoms with Crippen LogP contribution in [0.2, 0.25) is 0 Å². The molecule has 76 valence electrons. The number of hydrogen-bond donors (Lipinski definition) is 0. The Bertz CT molecular complexity index is 261. The molecular formula is C9H14BNO3. The maximum absolute atomic E-state index is 11.3. The standard InChI is InChI=1S/C9H14BNO3/c1-5-9(2,3)7(8(12)14-4)11-6-10-13/h5-7H,1H2,2-4H3. The number of hydrogen-bond acceptors (Lipinski definition) is 4. The number of esters is 1. The molecule has 4 nitrogen and oxygen atoms in total. The predicted octanol–water partition coefficient (Wildman–Crippen LogP) is 0.818. The zero-order valence-electron chi connectivity index (χ0n) is 8.69. The van der Waals surface area contributed by atoms with Crippen molar-refractivity contribution in [1.29, 1.82) is 0 Å². The van der Waals surface area contributed by atoms with Gasteiger partial charge in [0.15, 0.2) is 0 Å². The number of methoxy groups -OCH3 is 1. The van der Waals surface area contributed by atoms with Gasteiger partial charge >= 0.3 is 83.5 Å². The number of aliphatic imine (C=N–C) groups is 1. The second kappa shape index (κ2) is 5.47. The molecule has 0 aliphatic heterocycles. The van der Waals surface area contributed by atoms with E-state index in [-0.39, 0.29) is 0 Å². The SMILES string of the molecule is C=CC(C)(C)C(N=CB=O)C(=O)OC. The molecule has 1 atom stereocenters. The normalized spacial score (nSPS) is 13.4. The van der Waals surface area contributed by atoms with Gasteiger partial charge in [0, 0.05) is 0 Å². The molecule has 0 N–H and O–H groups in total. The topological polar surface area (TPSA) is 55.7 Å². The van der Waals surface area contributed by atoms with Gasteiger partial charge in [-0.05, 0) is 0 Å². The van der Waals surface area contributed by atoms with Crippen LogP contribution in [0.1, 0.15) is 13.8 Å². The number of carbonyl (C=O) groups is 1. The second-order valence-corrected chi connectivity index (χ2v) is 3.39. The Kier molecular flexibility index (Phi) is 4.98. The first kappa shape index (κ1) is 12.7. The van der Waals surface area contributed by atoms with Crippen LogP contribution in [-0.2, 0) is 14.2 Å². The molecule has 0 heterocycles. The zero-order chi connectivity index (χ0) is 11.2. The van der Waals surface area contributed by atoms with Gasteiger partial charge in [-0.2, -0.15) is 0 Å². The molecule has 5 heteroatoms. The van der Waals surface area contributed by atoms with E-state index in [9.17, 15) is 9.50 Å². The molecule has 1 unspecified atom stereocenters. The summed E-state index contributed by atoms with van der Waals surface area (Å²) < 4.78 is 14.7. The van der Waals surface area contributed by atoms with E-state index in [4.69, 9.17) is 0 Å². The van der Waals surface area contributed by atoms with E-state index in [1.54, 1.807) is 19.9 Å². The molecule has 0 aromatic heterocycles. The van der Waals surface area contributed by atoms with Gasteiger partial charge in [-0.1, -0.05) is 0 Å². The summed E-state index contributed by atoms with van der Waals surface area (Å²) in [4.78, 5) is 15.1. The third-order valence-corrected chi connectivity index (χ3v) is 1.95. The van der Waals surface area contributed by atoms with Crippen LogP contribution < -0.4 is 0 Å². The fourth-order valence-electron chi connectivity index (χ4n) is 0.901. The van der Waals surface area contributed by atoms with Crippen molar-refractivity contribution in [3.8, 4) is 0 Å². The Hall–Kier alpha value is -1.26. The van der Waals surface area contributed by atoms with Crippen LogP contribution in [-0.4, -0.2) is 32.4 Å². The summed E-state index contributed by atoms with van der Waals surface area (Å²) in [5.41, 5.74) is -0.535. The van der Waals surface area contributed by atoms with Gasteiger partial charge in [0.1, 0.15) is 0 Å². The molecule has 0 spiro atoms. The Morgan fingerprint density at radius 2 is 2.21 bits per heavy atom. The number of ether oxygens (including phenoxy) is 1. The Morgan fingerprint density at radius 1 is 1.64 bits per heavy atom. The average Bonchev–Trinajstić information content (AvgIpc) is 2.17. The summed E-state index contributed by atoms with van der Waals surface area (Å²) in [6.07, 6.45) is 2.66. The van der Waals surface area contributed by atoms with E-state index >= 15 is 0 Å². The van der Waals surface area contributed by atoms with E-state index in [1.165, 1.54) is 7.11 Å². The Balaban J connectivity index is 4.89. The van der Waals surface area contributed by atoms with Crippen LogP contribution in [0.5, 0.6) is 0 Å². The number of carbonyl (C=O) groups excluding carboxylic acids is 1. The quantitative estimate of drug-likeness (QED) is 0.282. The molecule has 0 radical (unpaired) electrons. The van der Waals surface area contributed by atoms with Crippen molar-refractivity contribution in [2.75, 3.05) is 7.11 Å². The van der Waals surface area contributed by atoms with E-state index in [0.717, 1.165) is 6.11 Å². The molecule has 0 saturated heterocycles. The van der Waals surface area contributed by atoms with Crippen LogP contribution in [0.3, 0.4) is 0 Å². The first-order valence-electron chi connectivity index (χ1n) is 4.18. The third kappa shape index (κ3) is 3.24. The van der Waals surface area contributed by atoms with Gasteiger partial charge in [-0.15, -0.1) is 0 Å². The van der Waals surface area contributed by atoms with Gasteiger partial charge in [0.05, 0.1) is 0 Å². The van der Waals surface area contributed by atoms with E-state index < -0.39 is 17.4 Å². The molecule has 0 bridgehead atoms. The summed E-state index contributed by atoms with van der Waals surface area (Å²) in [6, 6.07) is -0.727. The van der Waals surface area contributed by atoms with Crippen molar-refractivity contribution < 1.29 is 14.2 Å². The van der Waals surface area contributed by atoms with Gasteiger partial charge in [0.2, 0.25) is 0 Å². The predicted molar refractivity (Wildman–Crippen MR) is 54.7 cm³/mol. The van der Waals surface area contributed by atoms with E-state index in [0.29, 0.717) is 7.15 Å². The Morgan fingerprint density at radius 3 is 2.57 bits per heavy atom. The van der Waals surface area contributed by atoms with Crippen molar-refractivity contribution in [3.63, 3.8) is 0 Å². The number of nitrogens with zero attached hydrogens (tertiary/aromatic N) is 1. The monoisotopic (exact) mass is 195 g/mol. The van der Waals surface area contributed by atoms with E-state index in [1.807, 2.05) is 0 Å². The van der Waals surface area contributed by atoms with Gasteiger partial charge in [0.25, 0.3) is 0 Å². The first-order chi connectivity index (χ1) is 6.49. The third-order valence-electron chi connectivity index (χ3n) is 1.95. The fraction of sp³-hybridized carbons (Fsp3) is 0.556. The summed E-state index contributed by atoms with van der Waals surface area (Å²) in [5.74, 6) is -0.479. The fourth-order valence-corrected chi connectivity index (χ4v) is 0.901. The van der Waals surface area contributed by atoms with E-state index in [2.05, 4.69) is 16.3 Å². The minimum atomic E-state index is -0.727. The minimum absolute atomic E-state index is 0.479. The Labute approximate surface area is 84.3 Å². The first-order valence-corrected chi connectivity index (χ1v) is 4.18. The molecule has 0 saturated carbocycles. The molecule has 0 aromatic carbocycles. The molecule has 0 rings (SSSR count). The summed E-state index contributed by atoms with van der Waals surface area (Å²) in [5, 5.41) is 0.